The van der Waals surface area contributed by atoms with Gasteiger partial charge in [0.25, 0.3) is 5.91 Å². The second-order valence-electron chi connectivity index (χ2n) is 5.50. The summed E-state index contributed by atoms with van der Waals surface area (Å²) in [6.07, 6.45) is 4.74. The zero-order valence-electron chi connectivity index (χ0n) is 12.7. The van der Waals surface area contributed by atoms with Gasteiger partial charge in [-0.1, -0.05) is 11.6 Å². The Bertz CT molecular complexity index is 487. The van der Waals surface area contributed by atoms with Crippen LogP contribution in [0.2, 0.25) is 5.02 Å². The zero-order valence-corrected chi connectivity index (χ0v) is 13.4. The van der Waals surface area contributed by atoms with Crippen LogP contribution < -0.4 is 10.1 Å². The summed E-state index contributed by atoms with van der Waals surface area (Å²) in [5.41, 5.74) is 0.549. The van der Waals surface area contributed by atoms with Crippen molar-refractivity contribution in [3.63, 3.8) is 0 Å². The second kappa shape index (κ2) is 7.66. The predicted octanol–water partition coefficient (Wildman–Crippen LogP) is 2.95. The van der Waals surface area contributed by atoms with Crippen LogP contribution >= 0.6 is 11.6 Å². The molecule has 0 heterocycles. The lowest BCUT2D eigenvalue weighted by atomic mass is 10.1. The van der Waals surface area contributed by atoms with Crippen molar-refractivity contribution in [1.29, 1.82) is 0 Å². The second-order valence-corrected chi connectivity index (χ2v) is 5.93. The Labute approximate surface area is 131 Å². The first-order valence-corrected chi connectivity index (χ1v) is 7.86. The highest BCUT2D eigenvalue weighted by atomic mass is 35.5. The number of benzene rings is 1. The maximum absolute atomic E-state index is 12.6. The molecule has 4 nitrogen and oxygen atoms in total. The molecule has 1 aromatic carbocycles. The van der Waals surface area contributed by atoms with Gasteiger partial charge in [0.2, 0.25) is 0 Å². The van der Waals surface area contributed by atoms with Gasteiger partial charge in [0.15, 0.2) is 0 Å². The van der Waals surface area contributed by atoms with Crippen LogP contribution in [-0.4, -0.2) is 44.1 Å². The van der Waals surface area contributed by atoms with Gasteiger partial charge in [0.1, 0.15) is 5.75 Å². The Morgan fingerprint density at radius 1 is 1.43 bits per heavy atom. The number of likely N-dealkylation sites (N-methyl/N-ethyl adjacent to an activating group) is 2. The molecule has 0 saturated heterocycles. The number of amides is 1. The molecule has 1 fully saturated rings. The van der Waals surface area contributed by atoms with E-state index in [0.29, 0.717) is 22.9 Å². The zero-order chi connectivity index (χ0) is 15.2. The van der Waals surface area contributed by atoms with Gasteiger partial charge in [-0.05, 0) is 50.9 Å². The van der Waals surface area contributed by atoms with Crippen molar-refractivity contribution in [2.45, 2.75) is 31.8 Å². The third-order valence-electron chi connectivity index (χ3n) is 3.81. The van der Waals surface area contributed by atoms with Gasteiger partial charge in [0, 0.05) is 25.2 Å². The van der Waals surface area contributed by atoms with Crippen LogP contribution in [0.1, 0.15) is 36.0 Å². The standard InChI is InChI=1S/C16H23ClN2O2/c1-18-9-10-19(2)16(20)14-11-12(17)7-8-15(14)21-13-5-3-4-6-13/h7-8,11,13,18H,3-6,9-10H2,1-2H3. The van der Waals surface area contributed by atoms with E-state index in [2.05, 4.69) is 5.32 Å². The van der Waals surface area contributed by atoms with Crippen LogP contribution in [-0.2, 0) is 0 Å². The van der Waals surface area contributed by atoms with Gasteiger partial charge in [-0.25, -0.2) is 0 Å². The third kappa shape index (κ3) is 4.35. The molecule has 0 bridgehead atoms. The lowest BCUT2D eigenvalue weighted by molar-refractivity contribution is 0.0789. The number of halogens is 1. The van der Waals surface area contributed by atoms with Crippen LogP contribution in [0.4, 0.5) is 0 Å². The molecule has 0 aliphatic heterocycles. The average Bonchev–Trinajstić information content (AvgIpc) is 2.98. The van der Waals surface area contributed by atoms with Gasteiger partial charge in [-0.2, -0.15) is 0 Å². The van der Waals surface area contributed by atoms with E-state index >= 15 is 0 Å². The van der Waals surface area contributed by atoms with Gasteiger partial charge in [-0.3, -0.25) is 4.79 Å². The lowest BCUT2D eigenvalue weighted by Crippen LogP contribution is -2.33. The highest BCUT2D eigenvalue weighted by Gasteiger charge is 2.22. The van der Waals surface area contributed by atoms with Gasteiger partial charge >= 0.3 is 0 Å². The highest BCUT2D eigenvalue weighted by Crippen LogP contribution is 2.29. The highest BCUT2D eigenvalue weighted by molar-refractivity contribution is 6.31. The van der Waals surface area contributed by atoms with Crippen molar-refractivity contribution in [3.05, 3.63) is 28.8 Å². The van der Waals surface area contributed by atoms with Crippen molar-refractivity contribution in [1.82, 2.24) is 10.2 Å². The van der Waals surface area contributed by atoms with Crippen molar-refractivity contribution in [2.75, 3.05) is 27.2 Å². The van der Waals surface area contributed by atoms with Crippen molar-refractivity contribution in [3.8, 4) is 5.75 Å². The van der Waals surface area contributed by atoms with Crippen molar-refractivity contribution < 1.29 is 9.53 Å². The molecule has 1 saturated carbocycles. The molecule has 0 atom stereocenters. The van der Waals surface area contributed by atoms with Gasteiger partial charge < -0.3 is 15.0 Å². The van der Waals surface area contributed by atoms with Crippen LogP contribution in [0, 0.1) is 0 Å². The lowest BCUT2D eigenvalue weighted by Gasteiger charge is -2.21. The van der Waals surface area contributed by atoms with Gasteiger partial charge in [0.05, 0.1) is 11.7 Å². The molecule has 2 rings (SSSR count). The van der Waals surface area contributed by atoms with Crippen LogP contribution in [0.3, 0.4) is 0 Å². The molecule has 0 radical (unpaired) electrons. The minimum absolute atomic E-state index is 0.0549. The van der Waals surface area contributed by atoms with Crippen molar-refractivity contribution >= 4 is 17.5 Å². The number of hydrogen-bond donors (Lipinski definition) is 1. The van der Waals surface area contributed by atoms with Crippen LogP contribution in [0.25, 0.3) is 0 Å². The number of carbonyl (C=O) groups is 1. The smallest absolute Gasteiger partial charge is 0.257 e. The molecule has 0 spiro atoms. The summed E-state index contributed by atoms with van der Waals surface area (Å²) in [6.45, 7) is 1.40. The largest absolute Gasteiger partial charge is 0.490 e. The molecule has 1 aliphatic carbocycles. The molecule has 0 unspecified atom stereocenters. The Balaban J connectivity index is 2.15. The average molecular weight is 311 g/mol. The van der Waals surface area contributed by atoms with Crippen molar-refractivity contribution in [2.24, 2.45) is 0 Å². The van der Waals surface area contributed by atoms with E-state index in [9.17, 15) is 4.79 Å². The number of nitrogens with one attached hydrogen (secondary N) is 1. The summed E-state index contributed by atoms with van der Waals surface area (Å²) in [5, 5.41) is 3.59. The van der Waals surface area contributed by atoms with E-state index in [1.165, 1.54) is 12.8 Å². The van der Waals surface area contributed by atoms with E-state index in [0.717, 1.165) is 19.4 Å². The normalized spacial score (nSPS) is 15.2. The first-order valence-electron chi connectivity index (χ1n) is 7.48. The van der Waals surface area contributed by atoms with E-state index in [1.807, 2.05) is 7.05 Å². The quantitative estimate of drug-likeness (QED) is 0.878. The Morgan fingerprint density at radius 3 is 2.81 bits per heavy atom. The molecule has 116 valence electrons. The number of carbonyl (C=O) groups excluding carboxylic acids is 1. The number of nitrogens with zero attached hydrogens (tertiary/aromatic N) is 1. The monoisotopic (exact) mass is 310 g/mol. The number of rotatable bonds is 6. The molecule has 1 aromatic rings. The fourth-order valence-electron chi connectivity index (χ4n) is 2.54. The molecule has 0 aromatic heterocycles. The predicted molar refractivity (Wildman–Crippen MR) is 85.2 cm³/mol. The fraction of sp³-hybridized carbons (Fsp3) is 0.562. The maximum atomic E-state index is 12.6. The summed E-state index contributed by atoms with van der Waals surface area (Å²) in [4.78, 5) is 14.2. The molecule has 5 heteroatoms. The van der Waals surface area contributed by atoms with Gasteiger partial charge in [-0.15, -0.1) is 0 Å². The van der Waals surface area contributed by atoms with Crippen LogP contribution in [0.15, 0.2) is 18.2 Å². The van der Waals surface area contributed by atoms with E-state index in [4.69, 9.17) is 16.3 Å². The summed E-state index contributed by atoms with van der Waals surface area (Å²) < 4.78 is 6.02. The van der Waals surface area contributed by atoms with E-state index < -0.39 is 0 Å². The minimum atomic E-state index is -0.0549. The third-order valence-corrected chi connectivity index (χ3v) is 4.05. The Kier molecular flexibility index (Phi) is 5.88. The number of hydrogen-bond acceptors (Lipinski definition) is 3. The fourth-order valence-corrected chi connectivity index (χ4v) is 2.72. The Morgan fingerprint density at radius 2 is 2.14 bits per heavy atom. The molecular weight excluding hydrogens is 288 g/mol. The first kappa shape index (κ1) is 16.1. The summed E-state index contributed by atoms with van der Waals surface area (Å²) in [5.74, 6) is 0.591. The van der Waals surface area contributed by atoms with E-state index in [-0.39, 0.29) is 12.0 Å². The summed E-state index contributed by atoms with van der Waals surface area (Å²) in [7, 11) is 3.66. The first-order chi connectivity index (χ1) is 10.1. The minimum Gasteiger partial charge on any atom is -0.490 e. The molecule has 1 aliphatic rings. The van der Waals surface area contributed by atoms with Crippen LogP contribution in [0.5, 0.6) is 5.75 Å². The number of ether oxygens (including phenoxy) is 1. The molecular formula is C16H23ClN2O2. The topological polar surface area (TPSA) is 41.6 Å². The Hall–Kier alpha value is -1.26. The molecule has 1 amide bonds. The maximum Gasteiger partial charge on any atom is 0.257 e. The summed E-state index contributed by atoms with van der Waals surface area (Å²) >= 11 is 6.05. The molecule has 1 N–H and O–H groups in total. The SMILES string of the molecule is CNCCN(C)C(=O)c1cc(Cl)ccc1OC1CCCC1. The molecule has 21 heavy (non-hydrogen) atoms. The van der Waals surface area contributed by atoms with E-state index in [1.54, 1.807) is 30.1 Å². The summed E-state index contributed by atoms with van der Waals surface area (Å²) in [6, 6.07) is 5.28.